The molecule has 1 aliphatic heterocycles. The number of hydrogen-bond donors (Lipinski definition) is 0. The van der Waals surface area contributed by atoms with Gasteiger partial charge in [0.25, 0.3) is 0 Å². The van der Waals surface area contributed by atoms with E-state index in [4.69, 9.17) is 18.9 Å². The van der Waals surface area contributed by atoms with Crippen molar-refractivity contribution in [2.24, 2.45) is 0 Å². The first-order chi connectivity index (χ1) is 12.6. The molecule has 0 aliphatic carbocycles. The third kappa shape index (κ3) is 3.20. The highest BCUT2D eigenvalue weighted by molar-refractivity contribution is 8.03. The monoisotopic (exact) mass is 372 g/mol. The molecular formula is C20H20O5S. The van der Waals surface area contributed by atoms with Crippen LogP contribution in [0.3, 0.4) is 0 Å². The molecule has 1 heterocycles. The Labute approximate surface area is 155 Å². The predicted molar refractivity (Wildman–Crippen MR) is 103 cm³/mol. The van der Waals surface area contributed by atoms with Crippen molar-refractivity contribution in [2.75, 3.05) is 28.4 Å². The van der Waals surface area contributed by atoms with E-state index in [2.05, 4.69) is 0 Å². The lowest BCUT2D eigenvalue weighted by molar-refractivity contribution is 0.355. The van der Waals surface area contributed by atoms with E-state index in [1.54, 1.807) is 40.6 Å². The topological polar surface area (TPSA) is 54.0 Å². The number of rotatable bonds is 6. The van der Waals surface area contributed by atoms with Gasteiger partial charge in [-0.3, -0.25) is 0 Å². The first-order valence-corrected chi connectivity index (χ1v) is 9.06. The maximum absolute atomic E-state index is 13.0. The minimum atomic E-state index is -1.31. The molecular weight excluding hydrogens is 352 g/mol. The first kappa shape index (κ1) is 18.1. The molecule has 0 saturated carbocycles. The van der Waals surface area contributed by atoms with Gasteiger partial charge in [-0.2, -0.15) is 0 Å². The Hall–Kier alpha value is -2.73. The van der Waals surface area contributed by atoms with Crippen LogP contribution < -0.4 is 18.9 Å². The predicted octanol–water partition coefficient (Wildman–Crippen LogP) is 3.87. The zero-order valence-electron chi connectivity index (χ0n) is 15.1. The molecule has 0 N–H and O–H groups in total. The highest BCUT2D eigenvalue weighted by Crippen LogP contribution is 2.39. The smallest absolute Gasteiger partial charge is 0.161 e. The van der Waals surface area contributed by atoms with E-state index in [9.17, 15) is 4.21 Å². The van der Waals surface area contributed by atoms with Crippen molar-refractivity contribution in [1.82, 2.24) is 0 Å². The van der Waals surface area contributed by atoms with Gasteiger partial charge >= 0.3 is 0 Å². The summed E-state index contributed by atoms with van der Waals surface area (Å²) >= 11 is 0. The van der Waals surface area contributed by atoms with Gasteiger partial charge in [-0.15, -0.1) is 0 Å². The van der Waals surface area contributed by atoms with Crippen LogP contribution in [0.15, 0.2) is 48.6 Å². The second-order valence-electron chi connectivity index (χ2n) is 5.47. The van der Waals surface area contributed by atoms with Crippen LogP contribution in [0.25, 0.3) is 9.81 Å². The molecule has 5 nitrogen and oxygen atoms in total. The van der Waals surface area contributed by atoms with Crippen molar-refractivity contribution in [1.29, 1.82) is 0 Å². The van der Waals surface area contributed by atoms with E-state index in [0.717, 1.165) is 20.9 Å². The van der Waals surface area contributed by atoms with Gasteiger partial charge in [0.1, 0.15) is 0 Å². The highest BCUT2D eigenvalue weighted by Gasteiger charge is 2.23. The lowest BCUT2D eigenvalue weighted by atomic mass is 10.1. The summed E-state index contributed by atoms with van der Waals surface area (Å²) in [5.41, 5.74) is 1.65. The molecule has 0 bridgehead atoms. The summed E-state index contributed by atoms with van der Waals surface area (Å²) in [4.78, 5) is 1.44. The lowest BCUT2D eigenvalue weighted by Gasteiger charge is -2.12. The third-order valence-corrected chi connectivity index (χ3v) is 5.66. The number of ether oxygens (including phenoxy) is 4. The van der Waals surface area contributed by atoms with Crippen molar-refractivity contribution in [3.63, 3.8) is 0 Å². The van der Waals surface area contributed by atoms with Gasteiger partial charge < -0.3 is 18.9 Å². The number of benzene rings is 2. The molecule has 2 aromatic carbocycles. The maximum Gasteiger partial charge on any atom is 0.161 e. The van der Waals surface area contributed by atoms with Gasteiger partial charge in [0, 0.05) is 0 Å². The third-order valence-electron chi connectivity index (χ3n) is 4.12. The SMILES string of the molecule is COc1ccc(C2=CC=C(c3ccc(OC)c(OC)c3)S2=O)cc1OC. The quantitative estimate of drug-likeness (QED) is 0.771. The molecule has 0 saturated heterocycles. The summed E-state index contributed by atoms with van der Waals surface area (Å²) in [5, 5.41) is 0. The van der Waals surface area contributed by atoms with Crippen LogP contribution in [0.4, 0.5) is 0 Å². The van der Waals surface area contributed by atoms with Crippen molar-refractivity contribution in [3.05, 3.63) is 59.7 Å². The fourth-order valence-electron chi connectivity index (χ4n) is 2.78. The number of hydrogen-bond acceptors (Lipinski definition) is 5. The summed E-state index contributed by atoms with van der Waals surface area (Å²) in [6.07, 6.45) is 3.73. The summed E-state index contributed by atoms with van der Waals surface area (Å²) in [7, 11) is 5.02. The standard InChI is InChI=1S/C20H20O5S/c1-22-15-7-5-13(11-17(15)24-3)19-9-10-20(26(19)21)14-6-8-16(23-2)18(12-14)25-4/h5-12H,1-4H3. The zero-order valence-corrected chi connectivity index (χ0v) is 15.9. The van der Waals surface area contributed by atoms with Crippen LogP contribution in [0, 0.1) is 0 Å². The molecule has 6 heteroatoms. The molecule has 0 atom stereocenters. The summed E-state index contributed by atoms with van der Waals surface area (Å²) in [6, 6.07) is 11.0. The first-order valence-electron chi connectivity index (χ1n) is 7.91. The average molecular weight is 372 g/mol. The molecule has 0 radical (unpaired) electrons. The van der Waals surface area contributed by atoms with Crippen molar-refractivity contribution < 1.29 is 23.2 Å². The van der Waals surface area contributed by atoms with E-state index < -0.39 is 10.8 Å². The highest BCUT2D eigenvalue weighted by atomic mass is 32.2. The Morgan fingerprint density at radius 3 is 1.35 bits per heavy atom. The van der Waals surface area contributed by atoms with Gasteiger partial charge in [-0.25, -0.2) is 4.21 Å². The van der Waals surface area contributed by atoms with E-state index >= 15 is 0 Å². The fraction of sp³-hybridized carbons (Fsp3) is 0.200. The lowest BCUT2D eigenvalue weighted by Crippen LogP contribution is -1.97. The van der Waals surface area contributed by atoms with E-state index in [-0.39, 0.29) is 0 Å². The molecule has 26 heavy (non-hydrogen) atoms. The van der Waals surface area contributed by atoms with Gasteiger partial charge in [-0.1, -0.05) is 0 Å². The van der Waals surface area contributed by atoms with Gasteiger partial charge in [0.05, 0.1) is 49.0 Å². The zero-order chi connectivity index (χ0) is 18.7. The molecule has 1 aliphatic rings. The molecule has 0 fully saturated rings. The van der Waals surface area contributed by atoms with Crippen LogP contribution in [0.5, 0.6) is 23.0 Å². The van der Waals surface area contributed by atoms with E-state index in [0.29, 0.717) is 23.0 Å². The molecule has 0 amide bonds. The second kappa shape index (κ2) is 7.66. The maximum atomic E-state index is 13.0. The fourth-order valence-corrected chi connectivity index (χ4v) is 4.08. The van der Waals surface area contributed by atoms with Crippen LogP contribution in [-0.4, -0.2) is 32.6 Å². The largest absolute Gasteiger partial charge is 0.493 e. The Kier molecular flexibility index (Phi) is 5.32. The van der Waals surface area contributed by atoms with Crippen LogP contribution >= 0.6 is 0 Å². The van der Waals surface area contributed by atoms with Crippen LogP contribution in [-0.2, 0) is 10.8 Å². The Balaban J connectivity index is 1.90. The van der Waals surface area contributed by atoms with Crippen molar-refractivity contribution in [2.45, 2.75) is 0 Å². The Bertz CT molecular complexity index is 841. The molecule has 2 aromatic rings. The van der Waals surface area contributed by atoms with Gasteiger partial charge in [-0.05, 0) is 59.7 Å². The Morgan fingerprint density at radius 2 is 1.00 bits per heavy atom. The summed E-state index contributed by atoms with van der Waals surface area (Å²) in [5.74, 6) is 2.47. The van der Waals surface area contributed by atoms with E-state index in [1.807, 2.05) is 36.4 Å². The number of methoxy groups -OCH3 is 4. The molecule has 0 spiro atoms. The van der Waals surface area contributed by atoms with Crippen LogP contribution in [0.1, 0.15) is 11.1 Å². The normalized spacial score (nSPS) is 13.8. The average Bonchev–Trinajstić information content (AvgIpc) is 3.08. The molecule has 136 valence electrons. The van der Waals surface area contributed by atoms with Gasteiger partial charge in [0.2, 0.25) is 0 Å². The molecule has 0 unspecified atom stereocenters. The van der Waals surface area contributed by atoms with Crippen LogP contribution in [0.2, 0.25) is 0 Å². The van der Waals surface area contributed by atoms with E-state index in [1.165, 1.54) is 0 Å². The molecule has 3 rings (SSSR count). The Morgan fingerprint density at radius 1 is 0.615 bits per heavy atom. The van der Waals surface area contributed by atoms with Gasteiger partial charge in [0.15, 0.2) is 23.0 Å². The minimum Gasteiger partial charge on any atom is -0.493 e. The number of allylic oxidation sites excluding steroid dienone is 2. The minimum absolute atomic E-state index is 0.600. The van der Waals surface area contributed by atoms with Crippen molar-refractivity contribution >= 4 is 20.6 Å². The summed E-state index contributed by atoms with van der Waals surface area (Å²) < 4.78 is 34.2. The second-order valence-corrected chi connectivity index (χ2v) is 6.89. The van der Waals surface area contributed by atoms with Crippen molar-refractivity contribution in [3.8, 4) is 23.0 Å². The summed E-state index contributed by atoms with van der Waals surface area (Å²) in [6.45, 7) is 0. The molecule has 0 aromatic heterocycles.